The molecule has 6 aromatic rings. The molecule has 6 rings (SSSR count). The Hall–Kier alpha value is -4.31. The highest BCUT2D eigenvalue weighted by molar-refractivity contribution is 6.12. The zero-order valence-electron chi connectivity index (χ0n) is 20.9. The topological polar surface area (TPSA) is 51.8 Å². The monoisotopic (exact) mass is 430 g/mol. The van der Waals surface area contributed by atoms with Gasteiger partial charge < -0.3 is 4.42 Å². The maximum atomic E-state index is 7.76. The number of benzene rings is 3. The van der Waals surface area contributed by atoms with Gasteiger partial charge in [-0.1, -0.05) is 54.6 Å². The van der Waals surface area contributed by atoms with Gasteiger partial charge in [0.1, 0.15) is 17.0 Å². The van der Waals surface area contributed by atoms with E-state index < -0.39 is 6.85 Å². The van der Waals surface area contributed by atoms with Crippen LogP contribution in [0, 0.1) is 13.8 Å². The Morgan fingerprint density at radius 3 is 2.09 bits per heavy atom. The minimum Gasteiger partial charge on any atom is -0.455 e. The van der Waals surface area contributed by atoms with Crippen LogP contribution in [-0.2, 0) is 0 Å². The lowest BCUT2D eigenvalue weighted by Crippen LogP contribution is -1.87. The Morgan fingerprint density at radius 2 is 1.36 bits per heavy atom. The second-order valence-electron chi connectivity index (χ2n) is 7.99. The fraction of sp³-hybridized carbons (Fsp3) is 0.0690. The second-order valence-corrected chi connectivity index (χ2v) is 7.99. The van der Waals surface area contributed by atoms with Gasteiger partial charge in [-0.15, -0.1) is 0 Å². The predicted octanol–water partition coefficient (Wildman–Crippen LogP) is 7.39. The van der Waals surface area contributed by atoms with Crippen LogP contribution in [-0.4, -0.2) is 15.0 Å². The number of hydrogen-bond acceptors (Lipinski definition) is 4. The van der Waals surface area contributed by atoms with Crippen LogP contribution >= 0.6 is 0 Å². The first-order chi connectivity index (χ1) is 17.4. The van der Waals surface area contributed by atoms with Gasteiger partial charge in [-0.3, -0.25) is 4.98 Å². The van der Waals surface area contributed by atoms with Crippen molar-refractivity contribution >= 4 is 21.9 Å². The number of para-hydroxylation sites is 2. The van der Waals surface area contributed by atoms with Gasteiger partial charge >= 0.3 is 0 Å². The van der Waals surface area contributed by atoms with Crippen molar-refractivity contribution in [2.75, 3.05) is 0 Å². The van der Waals surface area contributed by atoms with Crippen molar-refractivity contribution in [2.24, 2.45) is 0 Å². The van der Waals surface area contributed by atoms with E-state index in [1.807, 2.05) is 55.7 Å². The van der Waals surface area contributed by atoms with E-state index in [2.05, 4.69) is 39.2 Å². The molecule has 3 heterocycles. The predicted molar refractivity (Wildman–Crippen MR) is 133 cm³/mol. The number of pyridine rings is 1. The van der Waals surface area contributed by atoms with Crippen molar-refractivity contribution in [3.8, 4) is 33.5 Å². The minimum absolute atomic E-state index is 0.250. The lowest BCUT2D eigenvalue weighted by Gasteiger charge is -2.05. The van der Waals surface area contributed by atoms with Gasteiger partial charge in [0.15, 0.2) is 0 Å². The number of aromatic nitrogens is 3. The largest absolute Gasteiger partial charge is 0.455 e. The van der Waals surface area contributed by atoms with Crippen LogP contribution in [0.3, 0.4) is 0 Å². The Morgan fingerprint density at radius 1 is 0.697 bits per heavy atom. The maximum Gasteiger partial charge on any atom is 0.144 e. The Labute approximate surface area is 195 Å². The number of hydrogen-bond donors (Lipinski definition) is 0. The van der Waals surface area contributed by atoms with Crippen LogP contribution in [0.4, 0.5) is 0 Å². The molecule has 0 aliphatic heterocycles. The molecular formula is C29H21N3O. The van der Waals surface area contributed by atoms with Crippen molar-refractivity contribution in [1.29, 1.82) is 0 Å². The molecule has 0 aliphatic rings. The van der Waals surface area contributed by atoms with E-state index >= 15 is 0 Å². The SMILES string of the molecule is [2H]C([2H])([2H])c1ccnc(-c2cccc3c2oc2c(-c4ccc(-c5cnc(C)nc5)cc4)cccc23)c1. The molecule has 0 spiro atoms. The molecule has 3 aromatic carbocycles. The van der Waals surface area contributed by atoms with Crippen molar-refractivity contribution in [3.05, 3.63) is 103 Å². The van der Waals surface area contributed by atoms with Crippen molar-refractivity contribution in [3.63, 3.8) is 0 Å². The molecule has 0 radical (unpaired) electrons. The summed E-state index contributed by atoms with van der Waals surface area (Å²) in [6, 6.07) is 23.4. The molecule has 0 fully saturated rings. The number of rotatable bonds is 3. The fourth-order valence-electron chi connectivity index (χ4n) is 4.21. The van der Waals surface area contributed by atoms with E-state index in [0.29, 0.717) is 11.3 Å². The first kappa shape index (κ1) is 16.3. The quantitative estimate of drug-likeness (QED) is 0.294. The van der Waals surface area contributed by atoms with Gasteiger partial charge in [0.2, 0.25) is 0 Å². The third-order valence-corrected chi connectivity index (χ3v) is 5.87. The van der Waals surface area contributed by atoms with Crippen LogP contribution in [0.15, 0.2) is 95.8 Å². The van der Waals surface area contributed by atoms with Crippen molar-refractivity contribution in [1.82, 2.24) is 15.0 Å². The minimum atomic E-state index is -2.20. The number of fused-ring (bicyclic) bond motifs is 3. The van der Waals surface area contributed by atoms with Crippen molar-refractivity contribution < 1.29 is 8.53 Å². The summed E-state index contributed by atoms with van der Waals surface area (Å²) in [6.45, 7) is -0.337. The summed E-state index contributed by atoms with van der Waals surface area (Å²) in [4.78, 5) is 13.0. The molecule has 4 heteroatoms. The molecule has 4 nitrogen and oxygen atoms in total. The Kier molecular flexibility index (Phi) is 3.80. The smallest absolute Gasteiger partial charge is 0.144 e. The third-order valence-electron chi connectivity index (χ3n) is 5.87. The summed E-state index contributed by atoms with van der Waals surface area (Å²) in [7, 11) is 0. The molecule has 33 heavy (non-hydrogen) atoms. The van der Waals surface area contributed by atoms with Crippen LogP contribution in [0.2, 0.25) is 0 Å². The molecule has 0 bridgehead atoms. The van der Waals surface area contributed by atoms with Crippen molar-refractivity contribution in [2.45, 2.75) is 13.8 Å². The van der Waals surface area contributed by atoms with Gasteiger partial charge in [0.05, 0.1) is 5.69 Å². The van der Waals surface area contributed by atoms with Crippen LogP contribution in [0.25, 0.3) is 55.4 Å². The molecule has 0 saturated heterocycles. The van der Waals surface area contributed by atoms with E-state index in [9.17, 15) is 0 Å². The fourth-order valence-corrected chi connectivity index (χ4v) is 4.21. The van der Waals surface area contributed by atoms with Gasteiger partial charge in [-0.25, -0.2) is 9.97 Å². The molecule has 3 aromatic heterocycles. The first-order valence-corrected chi connectivity index (χ1v) is 10.7. The normalized spacial score (nSPS) is 13.1. The molecule has 0 atom stereocenters. The van der Waals surface area contributed by atoms with E-state index in [1.54, 1.807) is 6.07 Å². The highest BCUT2D eigenvalue weighted by Gasteiger charge is 2.16. The van der Waals surface area contributed by atoms with Gasteiger partial charge in [-0.2, -0.15) is 0 Å². The average Bonchev–Trinajstić information content (AvgIpc) is 3.28. The summed E-state index contributed by atoms with van der Waals surface area (Å²) in [5, 5.41) is 1.95. The van der Waals surface area contributed by atoms with Crippen LogP contribution in [0.1, 0.15) is 15.5 Å². The molecule has 0 amide bonds. The van der Waals surface area contributed by atoms with E-state index in [-0.39, 0.29) is 5.56 Å². The van der Waals surface area contributed by atoms with Gasteiger partial charge in [0.25, 0.3) is 0 Å². The van der Waals surface area contributed by atoms with Crippen LogP contribution in [0.5, 0.6) is 0 Å². The second kappa shape index (κ2) is 7.68. The van der Waals surface area contributed by atoms with Gasteiger partial charge in [0, 0.05) is 50.2 Å². The Balaban J connectivity index is 1.47. The molecule has 0 saturated carbocycles. The lowest BCUT2D eigenvalue weighted by molar-refractivity contribution is 0.671. The molecule has 158 valence electrons. The van der Waals surface area contributed by atoms with Crippen LogP contribution < -0.4 is 0 Å². The average molecular weight is 431 g/mol. The maximum absolute atomic E-state index is 7.76. The summed E-state index contributed by atoms with van der Waals surface area (Å²) < 4.78 is 29.8. The molecule has 0 unspecified atom stereocenters. The number of aryl methyl sites for hydroxylation is 2. The summed E-state index contributed by atoms with van der Waals surface area (Å²) in [5.41, 5.74) is 7.05. The number of furan rings is 1. The molecular weight excluding hydrogens is 406 g/mol. The van der Waals surface area contributed by atoms with E-state index in [4.69, 9.17) is 8.53 Å². The summed E-state index contributed by atoms with van der Waals surface area (Å²) in [6.07, 6.45) is 5.19. The van der Waals surface area contributed by atoms with E-state index in [0.717, 1.165) is 50.0 Å². The van der Waals surface area contributed by atoms with E-state index in [1.165, 1.54) is 12.3 Å². The zero-order chi connectivity index (χ0) is 24.9. The number of nitrogens with zero attached hydrogens (tertiary/aromatic N) is 3. The highest BCUT2D eigenvalue weighted by Crippen LogP contribution is 2.39. The zero-order valence-corrected chi connectivity index (χ0v) is 17.9. The molecule has 0 aliphatic carbocycles. The van der Waals surface area contributed by atoms with Gasteiger partial charge in [-0.05, 0) is 48.7 Å². The lowest BCUT2D eigenvalue weighted by atomic mass is 9.99. The Bertz CT molecular complexity index is 1720. The summed E-state index contributed by atoms with van der Waals surface area (Å²) >= 11 is 0. The summed E-state index contributed by atoms with van der Waals surface area (Å²) in [5.74, 6) is 0.742. The molecule has 0 N–H and O–H groups in total. The highest BCUT2D eigenvalue weighted by atomic mass is 16.3. The first-order valence-electron chi connectivity index (χ1n) is 12.2. The third kappa shape index (κ3) is 3.37. The standard InChI is InChI=1S/C29H21N3O/c1-18-13-14-30-27(15-18)26-8-4-7-25-24-6-3-5-23(28(24)33-29(25)26)21-11-9-20(10-12-21)22-16-31-19(2)32-17-22/h3-17H,1-2H3/i1D3.